The number of thiocarbonyl (C=S) groups is 1. The number of hydrogen-bond acceptors (Lipinski definition) is 7. The Kier molecular flexibility index (Phi) is 7.58. The van der Waals surface area contributed by atoms with Gasteiger partial charge in [0.2, 0.25) is 0 Å². The molecule has 4 rings (SSSR count). The summed E-state index contributed by atoms with van der Waals surface area (Å²) in [6, 6.07) is 12.2. The van der Waals surface area contributed by atoms with Gasteiger partial charge in [-0.1, -0.05) is 60.7 Å². The second kappa shape index (κ2) is 10.6. The van der Waals surface area contributed by atoms with Gasteiger partial charge in [-0.15, -0.1) is 0 Å². The molecule has 0 aromatic heterocycles. The Bertz CT molecular complexity index is 1190. The van der Waals surface area contributed by atoms with Crippen LogP contribution in [0.4, 0.5) is 5.69 Å². The Morgan fingerprint density at radius 1 is 1.15 bits per heavy atom. The van der Waals surface area contributed by atoms with Gasteiger partial charge in [-0.2, -0.15) is 0 Å². The third-order valence-corrected chi connectivity index (χ3v) is 7.02. The number of rotatable bonds is 8. The highest BCUT2D eigenvalue weighted by atomic mass is 32.2. The topological polar surface area (TPSA) is 59.1 Å². The van der Waals surface area contributed by atoms with Crippen molar-refractivity contribution in [2.24, 2.45) is 0 Å². The van der Waals surface area contributed by atoms with Crippen molar-refractivity contribution in [1.29, 1.82) is 0 Å². The summed E-state index contributed by atoms with van der Waals surface area (Å²) in [4.78, 5) is 28.7. The predicted octanol–water partition coefficient (Wildman–Crippen LogP) is 5.77. The third kappa shape index (κ3) is 5.28. The monoisotopic (exact) mass is 496 g/mol. The van der Waals surface area contributed by atoms with Crippen LogP contribution in [0.2, 0.25) is 0 Å². The lowest BCUT2D eigenvalue weighted by molar-refractivity contribution is -0.147. The molecule has 2 aromatic carbocycles. The van der Waals surface area contributed by atoms with E-state index in [0.717, 1.165) is 41.5 Å². The van der Waals surface area contributed by atoms with Crippen molar-refractivity contribution in [2.75, 3.05) is 18.5 Å². The summed E-state index contributed by atoms with van der Waals surface area (Å²) in [6.45, 7) is 4.23. The molecule has 0 radical (unpaired) electrons. The van der Waals surface area contributed by atoms with Gasteiger partial charge in [0.25, 0.3) is 5.91 Å². The second-order valence-corrected chi connectivity index (χ2v) is 10.2. The second-order valence-electron chi connectivity index (χ2n) is 8.50. The van der Waals surface area contributed by atoms with Crippen LogP contribution in [0.3, 0.4) is 0 Å². The zero-order valence-electron chi connectivity index (χ0n) is 19.6. The molecule has 2 aliphatic rings. The van der Waals surface area contributed by atoms with Gasteiger partial charge in [0, 0.05) is 31.5 Å². The highest BCUT2D eigenvalue weighted by molar-refractivity contribution is 8.26. The lowest BCUT2D eigenvalue weighted by Gasteiger charge is -2.14. The SMILES string of the molecule is CC(C)OC(=O)CCCCCN1C(=O)/C(=C\C=C2/Oc3ccc4ccccc4c3N2C)SC1=S. The molecule has 0 aliphatic carbocycles. The van der Waals surface area contributed by atoms with Gasteiger partial charge in [-0.25, -0.2) is 0 Å². The van der Waals surface area contributed by atoms with Crippen LogP contribution in [0.15, 0.2) is 59.3 Å². The van der Waals surface area contributed by atoms with Crippen LogP contribution in [0.5, 0.6) is 5.75 Å². The molecule has 2 aromatic rings. The molecule has 0 spiro atoms. The van der Waals surface area contributed by atoms with Crippen molar-refractivity contribution in [3.63, 3.8) is 0 Å². The molecule has 0 atom stereocenters. The number of amides is 1. The molecule has 2 heterocycles. The number of carbonyl (C=O) groups is 2. The van der Waals surface area contributed by atoms with E-state index in [2.05, 4.69) is 12.1 Å². The lowest BCUT2D eigenvalue weighted by Crippen LogP contribution is -2.29. The van der Waals surface area contributed by atoms with E-state index in [9.17, 15) is 9.59 Å². The number of hydrogen-bond donors (Lipinski definition) is 0. The Morgan fingerprint density at radius 2 is 1.94 bits per heavy atom. The number of benzene rings is 2. The molecule has 1 saturated heterocycles. The minimum Gasteiger partial charge on any atom is -0.463 e. The summed E-state index contributed by atoms with van der Waals surface area (Å²) >= 11 is 6.74. The first kappa shape index (κ1) is 24.3. The number of ether oxygens (including phenoxy) is 2. The van der Waals surface area contributed by atoms with E-state index in [1.165, 1.54) is 11.8 Å². The van der Waals surface area contributed by atoms with E-state index in [1.807, 2.05) is 56.1 Å². The molecule has 1 amide bonds. The number of unbranched alkanes of at least 4 members (excludes halogenated alkanes) is 2. The van der Waals surface area contributed by atoms with Gasteiger partial charge in [-0.05, 0) is 44.2 Å². The molecule has 0 saturated carbocycles. The smallest absolute Gasteiger partial charge is 0.306 e. The normalized spacial score (nSPS) is 17.9. The van der Waals surface area contributed by atoms with Gasteiger partial charge >= 0.3 is 5.97 Å². The Morgan fingerprint density at radius 3 is 2.74 bits per heavy atom. The summed E-state index contributed by atoms with van der Waals surface area (Å²) in [7, 11) is 1.96. The molecule has 2 aliphatic heterocycles. The first-order valence-electron chi connectivity index (χ1n) is 11.4. The van der Waals surface area contributed by atoms with E-state index in [-0.39, 0.29) is 18.0 Å². The first-order valence-corrected chi connectivity index (χ1v) is 12.7. The van der Waals surface area contributed by atoms with E-state index in [0.29, 0.717) is 28.1 Å². The Balaban J connectivity index is 1.35. The molecule has 8 heteroatoms. The van der Waals surface area contributed by atoms with Crippen molar-refractivity contribution in [1.82, 2.24) is 4.90 Å². The van der Waals surface area contributed by atoms with Crippen molar-refractivity contribution in [3.05, 3.63) is 59.3 Å². The van der Waals surface area contributed by atoms with Crippen LogP contribution in [0.25, 0.3) is 10.8 Å². The van der Waals surface area contributed by atoms with Gasteiger partial charge in [0.1, 0.15) is 4.32 Å². The average Bonchev–Trinajstić information content (AvgIpc) is 3.27. The average molecular weight is 497 g/mol. The largest absolute Gasteiger partial charge is 0.463 e. The summed E-state index contributed by atoms with van der Waals surface area (Å²) in [6.07, 6.45) is 6.26. The first-order chi connectivity index (χ1) is 16.3. The van der Waals surface area contributed by atoms with Crippen LogP contribution in [-0.4, -0.2) is 40.8 Å². The van der Waals surface area contributed by atoms with Crippen molar-refractivity contribution < 1.29 is 19.1 Å². The number of carbonyl (C=O) groups excluding carboxylic acids is 2. The fourth-order valence-electron chi connectivity index (χ4n) is 3.99. The Labute approximate surface area is 209 Å². The molecule has 0 N–H and O–H groups in total. The fraction of sp³-hybridized carbons (Fsp3) is 0.346. The number of esters is 1. The minimum absolute atomic E-state index is 0.0883. The maximum Gasteiger partial charge on any atom is 0.306 e. The summed E-state index contributed by atoms with van der Waals surface area (Å²) < 4.78 is 11.8. The standard InChI is InChI=1S/C26H28N2O4S2/c1-17(2)31-23(29)11-5-4-8-16-28-25(30)21(34-26(28)33)14-15-22-27(3)24-19-10-7-6-9-18(19)12-13-20(24)32-22/h6-7,9-10,12-15,17H,4-5,8,11,16H2,1-3H3/b21-14+,22-15-. The maximum atomic E-state index is 12.9. The van der Waals surface area contributed by atoms with Crippen molar-refractivity contribution in [2.45, 2.75) is 45.6 Å². The molecular weight excluding hydrogens is 468 g/mol. The van der Waals surface area contributed by atoms with Crippen molar-refractivity contribution in [3.8, 4) is 5.75 Å². The number of nitrogens with zero attached hydrogens (tertiary/aromatic N) is 2. The number of anilines is 1. The van der Waals surface area contributed by atoms with Crippen LogP contribution in [0, 0.1) is 0 Å². The molecule has 6 nitrogen and oxygen atoms in total. The van der Waals surface area contributed by atoms with Crippen LogP contribution >= 0.6 is 24.0 Å². The van der Waals surface area contributed by atoms with E-state index < -0.39 is 0 Å². The van der Waals surface area contributed by atoms with Crippen LogP contribution in [-0.2, 0) is 14.3 Å². The molecule has 0 unspecified atom stereocenters. The fourth-order valence-corrected chi connectivity index (χ4v) is 5.24. The van der Waals surface area contributed by atoms with Crippen LogP contribution < -0.4 is 9.64 Å². The Hall–Kier alpha value is -2.84. The highest BCUT2D eigenvalue weighted by Gasteiger charge is 2.31. The lowest BCUT2D eigenvalue weighted by atomic mass is 10.1. The minimum atomic E-state index is -0.175. The van der Waals surface area contributed by atoms with E-state index in [1.54, 1.807) is 11.0 Å². The molecule has 1 fully saturated rings. The van der Waals surface area contributed by atoms with Crippen LogP contribution in [0.1, 0.15) is 39.5 Å². The van der Waals surface area contributed by atoms with Gasteiger partial charge in [-0.3, -0.25) is 14.5 Å². The third-order valence-electron chi connectivity index (χ3n) is 5.62. The number of thioether (sulfide) groups is 1. The molecule has 0 bridgehead atoms. The predicted molar refractivity (Wildman–Crippen MR) is 141 cm³/mol. The maximum absolute atomic E-state index is 12.9. The van der Waals surface area contributed by atoms with Crippen molar-refractivity contribution >= 4 is 56.6 Å². The van der Waals surface area contributed by atoms with E-state index >= 15 is 0 Å². The summed E-state index contributed by atoms with van der Waals surface area (Å²) in [5.74, 6) is 1.19. The molecule has 34 heavy (non-hydrogen) atoms. The quantitative estimate of drug-likeness (QED) is 0.199. The molecular formula is C26H28N2O4S2. The van der Waals surface area contributed by atoms with Gasteiger partial charge in [0.15, 0.2) is 11.6 Å². The zero-order chi connectivity index (χ0) is 24.2. The number of allylic oxidation sites excluding steroid dienone is 2. The number of fused-ring (bicyclic) bond motifs is 3. The van der Waals surface area contributed by atoms with E-state index in [4.69, 9.17) is 21.7 Å². The van der Waals surface area contributed by atoms with Gasteiger partial charge < -0.3 is 14.4 Å². The summed E-state index contributed by atoms with van der Waals surface area (Å²) in [5.41, 5.74) is 1.02. The molecule has 178 valence electrons. The summed E-state index contributed by atoms with van der Waals surface area (Å²) in [5, 5.41) is 2.27. The zero-order valence-corrected chi connectivity index (χ0v) is 21.2. The highest BCUT2D eigenvalue weighted by Crippen LogP contribution is 2.43. The van der Waals surface area contributed by atoms with Gasteiger partial charge in [0.05, 0.1) is 16.7 Å².